The van der Waals surface area contributed by atoms with Crippen molar-refractivity contribution in [3.8, 4) is 0 Å². The quantitative estimate of drug-likeness (QED) is 0.840. The maximum atomic E-state index is 4.41. The number of nitrogens with zero attached hydrogens (tertiary/aromatic N) is 1. The van der Waals surface area contributed by atoms with Gasteiger partial charge in [-0.2, -0.15) is 0 Å². The van der Waals surface area contributed by atoms with Crippen LogP contribution in [-0.2, 0) is 0 Å². The Hall–Kier alpha value is -0.890. The van der Waals surface area contributed by atoms with Crippen molar-refractivity contribution in [2.24, 2.45) is 17.8 Å². The van der Waals surface area contributed by atoms with Crippen LogP contribution in [0.4, 0.5) is 0 Å². The van der Waals surface area contributed by atoms with Gasteiger partial charge in [-0.25, -0.2) is 0 Å². The number of nitrogens with one attached hydrogen (secondary N) is 1. The molecule has 3 rings (SSSR count). The lowest BCUT2D eigenvalue weighted by molar-refractivity contribution is 0.443. The molecular formula is C14H20N2. The summed E-state index contributed by atoms with van der Waals surface area (Å²) in [5, 5.41) is 3.49. The molecule has 2 aliphatic rings. The summed E-state index contributed by atoms with van der Waals surface area (Å²) >= 11 is 0. The molecular weight excluding hydrogens is 196 g/mol. The second-order valence-electron chi connectivity index (χ2n) is 5.34. The molecule has 0 saturated heterocycles. The van der Waals surface area contributed by atoms with E-state index in [0.717, 1.165) is 23.4 Å². The minimum Gasteiger partial charge on any atom is -0.313 e. The number of pyridine rings is 1. The molecule has 3 atom stereocenters. The van der Waals surface area contributed by atoms with Gasteiger partial charge in [0.15, 0.2) is 0 Å². The van der Waals surface area contributed by atoms with E-state index in [2.05, 4.69) is 29.5 Å². The average molecular weight is 216 g/mol. The van der Waals surface area contributed by atoms with Crippen molar-refractivity contribution in [1.29, 1.82) is 0 Å². The van der Waals surface area contributed by atoms with Crippen LogP contribution in [0.5, 0.6) is 0 Å². The van der Waals surface area contributed by atoms with Gasteiger partial charge in [-0.05, 0) is 56.2 Å². The molecule has 2 fully saturated rings. The molecule has 0 spiro atoms. The Morgan fingerprint density at radius 2 is 2.06 bits per heavy atom. The minimum absolute atomic E-state index is 0.531. The third-order valence-electron chi connectivity index (χ3n) is 4.46. The third-order valence-corrected chi connectivity index (χ3v) is 4.46. The second kappa shape index (κ2) is 3.85. The zero-order valence-corrected chi connectivity index (χ0v) is 10.1. The third kappa shape index (κ3) is 1.56. The van der Waals surface area contributed by atoms with Crippen LogP contribution in [0.15, 0.2) is 18.3 Å². The van der Waals surface area contributed by atoms with Gasteiger partial charge in [0, 0.05) is 17.9 Å². The first kappa shape index (κ1) is 10.3. The molecule has 0 amide bonds. The first-order chi connectivity index (χ1) is 7.81. The Labute approximate surface area is 97.5 Å². The van der Waals surface area contributed by atoms with E-state index in [0.29, 0.717) is 6.04 Å². The largest absolute Gasteiger partial charge is 0.313 e. The molecule has 0 aromatic carbocycles. The van der Waals surface area contributed by atoms with E-state index < -0.39 is 0 Å². The average Bonchev–Trinajstić information content (AvgIpc) is 2.76. The number of hydrogen-bond donors (Lipinski definition) is 1. The molecule has 1 aromatic rings. The highest BCUT2D eigenvalue weighted by Crippen LogP contribution is 2.62. The summed E-state index contributed by atoms with van der Waals surface area (Å²) in [5.41, 5.74) is 2.47. The fourth-order valence-corrected chi connectivity index (χ4v) is 3.62. The molecule has 2 nitrogen and oxygen atoms in total. The smallest absolute Gasteiger partial charge is 0.0372 e. The SMILES string of the molecule is CNC(c1ccc(C)nc1)C1C2CCCC21. The van der Waals surface area contributed by atoms with Crippen molar-refractivity contribution in [3.63, 3.8) is 0 Å². The van der Waals surface area contributed by atoms with E-state index in [-0.39, 0.29) is 0 Å². The summed E-state index contributed by atoms with van der Waals surface area (Å²) in [7, 11) is 2.08. The number of rotatable bonds is 3. The lowest BCUT2D eigenvalue weighted by atomic mass is 9.98. The van der Waals surface area contributed by atoms with Gasteiger partial charge in [-0.3, -0.25) is 4.98 Å². The molecule has 86 valence electrons. The number of hydrogen-bond acceptors (Lipinski definition) is 2. The van der Waals surface area contributed by atoms with Crippen molar-refractivity contribution in [2.75, 3.05) is 7.05 Å². The van der Waals surface area contributed by atoms with Crippen LogP contribution in [0.25, 0.3) is 0 Å². The molecule has 1 heterocycles. The molecule has 0 aliphatic heterocycles. The van der Waals surface area contributed by atoms with Crippen LogP contribution >= 0.6 is 0 Å². The first-order valence-corrected chi connectivity index (χ1v) is 6.41. The monoisotopic (exact) mass is 216 g/mol. The molecule has 1 aromatic heterocycles. The fourth-order valence-electron chi connectivity index (χ4n) is 3.62. The van der Waals surface area contributed by atoms with Gasteiger partial charge in [-0.1, -0.05) is 12.5 Å². The van der Waals surface area contributed by atoms with Crippen LogP contribution in [-0.4, -0.2) is 12.0 Å². The molecule has 3 unspecified atom stereocenters. The Bertz CT molecular complexity index is 361. The van der Waals surface area contributed by atoms with Crippen molar-refractivity contribution < 1.29 is 0 Å². The summed E-state index contributed by atoms with van der Waals surface area (Å²) in [6.45, 7) is 2.05. The Balaban J connectivity index is 1.78. The van der Waals surface area contributed by atoms with Crippen LogP contribution in [0.1, 0.15) is 36.6 Å². The summed E-state index contributed by atoms with van der Waals surface area (Å²) in [6.07, 6.45) is 6.40. The van der Waals surface area contributed by atoms with Gasteiger partial charge in [0.1, 0.15) is 0 Å². The van der Waals surface area contributed by atoms with Crippen molar-refractivity contribution in [3.05, 3.63) is 29.6 Å². The standard InChI is InChI=1S/C14H20N2/c1-9-6-7-10(8-16-9)14(15-2)13-11-4-3-5-12(11)13/h6-8,11-15H,3-5H2,1-2H3. The van der Waals surface area contributed by atoms with E-state index in [1.807, 2.05) is 13.1 Å². The normalized spacial score (nSPS) is 33.5. The van der Waals surface area contributed by atoms with Gasteiger partial charge in [0.2, 0.25) is 0 Å². The molecule has 0 bridgehead atoms. The molecule has 1 N–H and O–H groups in total. The van der Waals surface area contributed by atoms with Crippen molar-refractivity contribution in [1.82, 2.24) is 10.3 Å². The summed E-state index contributed by atoms with van der Waals surface area (Å²) in [4.78, 5) is 4.41. The first-order valence-electron chi connectivity index (χ1n) is 6.41. The molecule has 2 heteroatoms. The summed E-state index contributed by atoms with van der Waals surface area (Å²) in [5.74, 6) is 2.88. The molecule has 16 heavy (non-hydrogen) atoms. The Kier molecular flexibility index (Phi) is 2.47. The van der Waals surface area contributed by atoms with Crippen LogP contribution in [0.2, 0.25) is 0 Å². The van der Waals surface area contributed by atoms with Crippen molar-refractivity contribution in [2.45, 2.75) is 32.2 Å². The predicted octanol–water partition coefficient (Wildman–Crippen LogP) is 2.70. The highest BCUT2D eigenvalue weighted by atomic mass is 14.9. The van der Waals surface area contributed by atoms with Gasteiger partial charge < -0.3 is 5.32 Å². The van der Waals surface area contributed by atoms with E-state index in [4.69, 9.17) is 0 Å². The lowest BCUT2D eigenvalue weighted by Crippen LogP contribution is -2.20. The van der Waals surface area contributed by atoms with Gasteiger partial charge in [0.05, 0.1) is 0 Å². The van der Waals surface area contributed by atoms with E-state index in [1.54, 1.807) is 0 Å². The summed E-state index contributed by atoms with van der Waals surface area (Å²) < 4.78 is 0. The zero-order valence-electron chi connectivity index (χ0n) is 10.1. The van der Waals surface area contributed by atoms with Gasteiger partial charge >= 0.3 is 0 Å². The zero-order chi connectivity index (χ0) is 11.1. The van der Waals surface area contributed by atoms with E-state index >= 15 is 0 Å². The van der Waals surface area contributed by atoms with Gasteiger partial charge in [0.25, 0.3) is 0 Å². The Morgan fingerprint density at radius 1 is 1.31 bits per heavy atom. The maximum Gasteiger partial charge on any atom is 0.0372 e. The van der Waals surface area contributed by atoms with E-state index in [1.165, 1.54) is 24.8 Å². The molecule has 2 saturated carbocycles. The highest BCUT2D eigenvalue weighted by molar-refractivity contribution is 5.22. The maximum absolute atomic E-state index is 4.41. The van der Waals surface area contributed by atoms with E-state index in [9.17, 15) is 0 Å². The van der Waals surface area contributed by atoms with Gasteiger partial charge in [-0.15, -0.1) is 0 Å². The molecule has 2 aliphatic carbocycles. The topological polar surface area (TPSA) is 24.9 Å². The van der Waals surface area contributed by atoms with Crippen molar-refractivity contribution >= 4 is 0 Å². The predicted molar refractivity (Wildman–Crippen MR) is 65.1 cm³/mol. The number of aryl methyl sites for hydroxylation is 1. The summed E-state index contributed by atoms with van der Waals surface area (Å²) in [6, 6.07) is 4.89. The Morgan fingerprint density at radius 3 is 2.62 bits per heavy atom. The minimum atomic E-state index is 0.531. The number of aromatic nitrogens is 1. The second-order valence-corrected chi connectivity index (χ2v) is 5.34. The number of fused-ring (bicyclic) bond motifs is 1. The fraction of sp³-hybridized carbons (Fsp3) is 0.643. The lowest BCUT2D eigenvalue weighted by Gasteiger charge is -2.18. The van der Waals surface area contributed by atoms with Crippen LogP contribution in [0.3, 0.4) is 0 Å². The van der Waals surface area contributed by atoms with Crippen LogP contribution < -0.4 is 5.32 Å². The van der Waals surface area contributed by atoms with Crippen LogP contribution in [0, 0.1) is 24.7 Å². The highest BCUT2D eigenvalue weighted by Gasteiger charge is 2.55. The molecule has 0 radical (unpaired) electrons.